The Morgan fingerprint density at radius 3 is 2.77 bits per heavy atom. The lowest BCUT2D eigenvalue weighted by Crippen LogP contribution is -2.50. The molecule has 4 rings (SSSR count). The Balaban J connectivity index is 1.68. The van der Waals surface area contributed by atoms with E-state index in [2.05, 4.69) is 34.7 Å². The number of hydrogen-bond acceptors (Lipinski definition) is 5. The Labute approximate surface area is 236 Å². The number of nitrogens with zero attached hydrogens (tertiary/aromatic N) is 2. The highest BCUT2D eigenvalue weighted by Crippen LogP contribution is 2.45. The van der Waals surface area contributed by atoms with Crippen LogP contribution in [0, 0.1) is 11.8 Å². The van der Waals surface area contributed by atoms with Gasteiger partial charge in [0, 0.05) is 61.0 Å². The highest BCUT2D eigenvalue weighted by atomic mass is 35.5. The minimum Gasteiger partial charge on any atom is -0.465 e. The van der Waals surface area contributed by atoms with Gasteiger partial charge < -0.3 is 25.7 Å². The number of hydrogen-bond donors (Lipinski definition) is 4. The third kappa shape index (κ3) is 6.73. The molecule has 2 aromatic rings. The van der Waals surface area contributed by atoms with Gasteiger partial charge in [0.05, 0.1) is 10.6 Å². The molecule has 2 amide bonds. The van der Waals surface area contributed by atoms with E-state index < -0.39 is 11.7 Å². The van der Waals surface area contributed by atoms with Crippen molar-refractivity contribution in [3.8, 4) is 11.1 Å². The van der Waals surface area contributed by atoms with E-state index in [1.54, 1.807) is 12.4 Å². The number of amides is 2. The zero-order chi connectivity index (χ0) is 28.0. The van der Waals surface area contributed by atoms with Crippen molar-refractivity contribution < 1.29 is 19.8 Å². The number of aryl methyl sites for hydroxylation is 1. The highest BCUT2D eigenvalue weighted by molar-refractivity contribution is 6.33. The van der Waals surface area contributed by atoms with Gasteiger partial charge in [0.2, 0.25) is 5.91 Å². The van der Waals surface area contributed by atoms with Crippen molar-refractivity contribution in [2.45, 2.75) is 69.9 Å². The Morgan fingerprint density at radius 1 is 1.23 bits per heavy atom. The average Bonchev–Trinajstić information content (AvgIpc) is 3.44. The van der Waals surface area contributed by atoms with Crippen molar-refractivity contribution in [3.63, 3.8) is 0 Å². The first kappa shape index (κ1) is 29.3. The summed E-state index contributed by atoms with van der Waals surface area (Å²) in [5.41, 5.74) is 2.09. The maximum atomic E-state index is 13.5. The van der Waals surface area contributed by atoms with Crippen LogP contribution in [0.2, 0.25) is 5.02 Å². The zero-order valence-electron chi connectivity index (χ0n) is 23.0. The van der Waals surface area contributed by atoms with Gasteiger partial charge >= 0.3 is 6.09 Å². The summed E-state index contributed by atoms with van der Waals surface area (Å²) in [6.45, 7) is 3.45. The fourth-order valence-electron chi connectivity index (χ4n) is 6.41. The number of carboxylic acid groups (broad SMARTS) is 1. The molecule has 2 heterocycles. The van der Waals surface area contributed by atoms with E-state index in [1.807, 2.05) is 24.1 Å². The first-order valence-electron chi connectivity index (χ1n) is 14.1. The number of nitrogens with one attached hydrogen (secondary N) is 2. The van der Waals surface area contributed by atoms with Crippen LogP contribution < -0.4 is 10.6 Å². The fourth-order valence-corrected chi connectivity index (χ4v) is 6.68. The van der Waals surface area contributed by atoms with E-state index in [1.165, 1.54) is 0 Å². The minimum absolute atomic E-state index is 0.00856. The van der Waals surface area contributed by atoms with Crippen molar-refractivity contribution >= 4 is 23.6 Å². The topological polar surface area (TPSA) is 115 Å². The Bertz CT molecular complexity index is 1160. The lowest BCUT2D eigenvalue weighted by molar-refractivity contribution is -0.140. The highest BCUT2D eigenvalue weighted by Gasteiger charge is 2.44. The summed E-state index contributed by atoms with van der Waals surface area (Å²) in [6.07, 6.45) is 8.08. The lowest BCUT2D eigenvalue weighted by Gasteiger charge is -2.44. The second kappa shape index (κ2) is 13.1. The maximum Gasteiger partial charge on any atom is 0.404 e. The van der Waals surface area contributed by atoms with Crippen molar-refractivity contribution in [1.29, 1.82) is 0 Å². The number of carbonyl (C=O) groups excluding carboxylic acids is 1. The van der Waals surface area contributed by atoms with Gasteiger partial charge in [0.15, 0.2) is 0 Å². The van der Waals surface area contributed by atoms with Crippen LogP contribution in [0.25, 0.3) is 11.1 Å². The van der Waals surface area contributed by atoms with Gasteiger partial charge in [-0.05, 0) is 69.5 Å². The molecule has 1 aromatic heterocycles. The smallest absolute Gasteiger partial charge is 0.404 e. The van der Waals surface area contributed by atoms with Crippen LogP contribution in [0.5, 0.6) is 0 Å². The van der Waals surface area contributed by atoms with E-state index in [-0.39, 0.29) is 24.3 Å². The number of benzene rings is 1. The number of piperidine rings is 1. The summed E-state index contributed by atoms with van der Waals surface area (Å²) >= 11 is 6.77. The number of rotatable bonds is 10. The first-order chi connectivity index (χ1) is 18.8. The second-order valence-electron chi connectivity index (χ2n) is 11.0. The van der Waals surface area contributed by atoms with Gasteiger partial charge in [-0.1, -0.05) is 42.8 Å². The fraction of sp³-hybridized carbons (Fsp3) is 0.567. The molecule has 1 saturated carbocycles. The minimum atomic E-state index is -1.35. The molecule has 0 radical (unpaired) electrons. The standard InChI is InChI=1S/C30H41ClN4O4/c1-3-20-7-4-8-21(15-20)27-25(17-33-18-26(27)31)30(39,12-6-13-34-29(37)38)23-9-5-14-35(19-23)28(36)22-10-11-24(16-22)32-2/h4,7-8,15,17-18,22-24,32,34,39H,3,5-6,9-14,16,19H2,1-2H3,(H,37,38)/t22-,23-,24+,30+/m1/s1. The van der Waals surface area contributed by atoms with E-state index in [0.29, 0.717) is 42.6 Å². The molecule has 39 heavy (non-hydrogen) atoms. The Hall–Kier alpha value is -2.68. The maximum absolute atomic E-state index is 13.5. The van der Waals surface area contributed by atoms with Crippen molar-refractivity contribution in [3.05, 3.63) is 52.8 Å². The predicted molar refractivity (Wildman–Crippen MR) is 153 cm³/mol. The monoisotopic (exact) mass is 556 g/mol. The average molecular weight is 557 g/mol. The number of likely N-dealkylation sites (tertiary alicyclic amines) is 1. The molecular formula is C30H41ClN4O4. The summed E-state index contributed by atoms with van der Waals surface area (Å²) in [5, 5.41) is 27.8. The molecule has 1 aliphatic carbocycles. The summed E-state index contributed by atoms with van der Waals surface area (Å²) in [7, 11) is 1.95. The summed E-state index contributed by atoms with van der Waals surface area (Å²) in [5.74, 6) is -0.0587. The molecule has 1 aliphatic heterocycles. The van der Waals surface area contributed by atoms with Gasteiger partial charge in [0.1, 0.15) is 0 Å². The third-order valence-corrected chi connectivity index (χ3v) is 8.89. The molecule has 212 valence electrons. The van der Waals surface area contributed by atoms with Crippen LogP contribution in [0.4, 0.5) is 4.79 Å². The number of carbonyl (C=O) groups is 2. The molecule has 2 fully saturated rings. The van der Waals surface area contributed by atoms with E-state index in [4.69, 9.17) is 16.7 Å². The third-order valence-electron chi connectivity index (χ3n) is 8.60. The summed E-state index contributed by atoms with van der Waals surface area (Å²) in [4.78, 5) is 30.9. The van der Waals surface area contributed by atoms with E-state index in [9.17, 15) is 14.7 Å². The number of pyridine rings is 1. The molecule has 2 aliphatic rings. The van der Waals surface area contributed by atoms with E-state index in [0.717, 1.165) is 55.2 Å². The number of aliphatic hydroxyl groups is 1. The van der Waals surface area contributed by atoms with Gasteiger partial charge in [-0.3, -0.25) is 9.78 Å². The molecule has 9 heteroatoms. The summed E-state index contributed by atoms with van der Waals surface area (Å²) in [6, 6.07) is 8.51. The van der Waals surface area contributed by atoms with Crippen LogP contribution in [0.1, 0.15) is 63.0 Å². The SMILES string of the molecule is CCc1cccc(-c2c(Cl)cncc2[C@](O)(CCCNC(=O)O)[C@@H]2CCCN(C(=O)[C@@H]3CC[C@H](NC)C3)C2)c1. The van der Waals surface area contributed by atoms with Crippen molar-refractivity contribution in [2.24, 2.45) is 11.8 Å². The first-order valence-corrected chi connectivity index (χ1v) is 14.5. The molecule has 8 nitrogen and oxygen atoms in total. The predicted octanol–water partition coefficient (Wildman–Crippen LogP) is 4.83. The Morgan fingerprint density at radius 2 is 2.05 bits per heavy atom. The lowest BCUT2D eigenvalue weighted by atomic mass is 9.72. The number of aromatic nitrogens is 1. The number of halogens is 1. The van der Waals surface area contributed by atoms with Crippen LogP contribution >= 0.6 is 11.6 Å². The summed E-state index contributed by atoms with van der Waals surface area (Å²) < 4.78 is 0. The van der Waals surface area contributed by atoms with Crippen LogP contribution in [0.3, 0.4) is 0 Å². The van der Waals surface area contributed by atoms with Crippen molar-refractivity contribution in [2.75, 3.05) is 26.7 Å². The molecular weight excluding hydrogens is 516 g/mol. The molecule has 1 aromatic carbocycles. The van der Waals surface area contributed by atoms with Crippen LogP contribution in [-0.4, -0.2) is 64.8 Å². The van der Waals surface area contributed by atoms with Gasteiger partial charge in [-0.25, -0.2) is 4.79 Å². The molecule has 4 N–H and O–H groups in total. The van der Waals surface area contributed by atoms with Crippen molar-refractivity contribution in [1.82, 2.24) is 20.5 Å². The molecule has 4 atom stereocenters. The van der Waals surface area contributed by atoms with Gasteiger partial charge in [-0.2, -0.15) is 0 Å². The Kier molecular flexibility index (Phi) is 9.86. The zero-order valence-corrected chi connectivity index (χ0v) is 23.7. The van der Waals surface area contributed by atoms with Gasteiger partial charge in [0.25, 0.3) is 0 Å². The molecule has 0 spiro atoms. The van der Waals surface area contributed by atoms with Gasteiger partial charge in [-0.15, -0.1) is 0 Å². The van der Waals surface area contributed by atoms with E-state index >= 15 is 0 Å². The van der Waals surface area contributed by atoms with Crippen LogP contribution in [0.15, 0.2) is 36.7 Å². The van der Waals surface area contributed by atoms with Crippen LogP contribution in [-0.2, 0) is 16.8 Å². The molecule has 0 bridgehead atoms. The normalized spacial score (nSPS) is 22.9. The molecule has 1 saturated heterocycles. The largest absolute Gasteiger partial charge is 0.465 e. The quantitative estimate of drug-likeness (QED) is 0.312. The second-order valence-corrected chi connectivity index (χ2v) is 11.4. The molecule has 0 unspecified atom stereocenters.